The summed E-state index contributed by atoms with van der Waals surface area (Å²) >= 11 is 0. The molecule has 2 aliphatic rings. The zero-order valence-electron chi connectivity index (χ0n) is 23.3. The molecule has 0 spiro atoms. The van der Waals surface area contributed by atoms with Gasteiger partial charge in [0.25, 0.3) is 0 Å². The number of hydrogen-bond acceptors (Lipinski definition) is 0. The molecule has 44 heavy (non-hydrogen) atoms. The number of alkyl halides is 6. The van der Waals surface area contributed by atoms with Crippen LogP contribution in [0, 0.1) is 0 Å². The molecule has 4 heterocycles. The lowest BCUT2D eigenvalue weighted by Gasteiger charge is -2.29. The summed E-state index contributed by atoms with van der Waals surface area (Å²) in [5, 5.41) is 0. The average Bonchev–Trinajstić information content (AvgIpc) is 3.06. The summed E-state index contributed by atoms with van der Waals surface area (Å²) in [5.74, 6) is -0.352. The van der Waals surface area contributed by atoms with Crippen molar-refractivity contribution in [1.29, 1.82) is 0 Å². The van der Waals surface area contributed by atoms with Crippen LogP contribution in [0.4, 0.5) is 26.3 Å². The topological polar surface area (TPSA) is 7.76 Å². The van der Waals surface area contributed by atoms with E-state index in [1.807, 2.05) is 71.4 Å². The van der Waals surface area contributed by atoms with Gasteiger partial charge in [0.2, 0.25) is 23.1 Å². The fraction of sp³-hybridized carbons (Fsp3) is 0.167. The Morgan fingerprint density at radius 3 is 2.09 bits per heavy atom. The van der Waals surface area contributed by atoms with E-state index in [1.54, 1.807) is 35.0 Å². The molecule has 0 fully saturated rings. The summed E-state index contributed by atoms with van der Waals surface area (Å²) in [6.07, 6.45) is -6.25. The molecule has 0 aliphatic carbocycles. The zero-order valence-corrected chi connectivity index (χ0v) is 23.3. The van der Waals surface area contributed by atoms with E-state index in [9.17, 15) is 26.3 Å². The Labute approximate surface area is 250 Å². The van der Waals surface area contributed by atoms with Gasteiger partial charge in [0, 0.05) is 29.8 Å². The third-order valence-electron chi connectivity index (χ3n) is 8.81. The summed E-state index contributed by atoms with van der Waals surface area (Å²) in [6.45, 7) is 4.43. The van der Waals surface area contributed by atoms with Crippen LogP contribution in [0.1, 0.15) is 40.6 Å². The van der Waals surface area contributed by atoms with Crippen LogP contribution in [0.25, 0.3) is 39.3 Å². The van der Waals surface area contributed by atoms with Gasteiger partial charge in [-0.3, -0.25) is 0 Å². The number of hydrogen-bond donors (Lipinski definition) is 0. The summed E-state index contributed by atoms with van der Waals surface area (Å²) in [6, 6.07) is 26.5. The first-order chi connectivity index (χ1) is 21.0. The molecular formula is C36H26F6N2+2. The van der Waals surface area contributed by atoms with Crippen LogP contribution in [-0.2, 0) is 18.8 Å². The van der Waals surface area contributed by atoms with Crippen molar-refractivity contribution >= 4 is 5.70 Å². The molecule has 2 aromatic heterocycles. The zero-order chi connectivity index (χ0) is 30.8. The second-order valence-electron chi connectivity index (χ2n) is 11.2. The predicted octanol–water partition coefficient (Wildman–Crippen LogP) is 9.06. The second-order valence-corrected chi connectivity index (χ2v) is 11.2. The summed E-state index contributed by atoms with van der Waals surface area (Å²) < 4.78 is 91.6. The van der Waals surface area contributed by atoms with E-state index in [0.717, 1.165) is 22.4 Å². The van der Waals surface area contributed by atoms with Crippen LogP contribution in [0.3, 0.4) is 0 Å². The Balaban J connectivity index is 1.58. The summed E-state index contributed by atoms with van der Waals surface area (Å²) in [7, 11) is 0. The number of rotatable bonds is 1. The lowest BCUT2D eigenvalue weighted by molar-refractivity contribution is -0.727. The molecule has 2 aliphatic heterocycles. The van der Waals surface area contributed by atoms with Crippen molar-refractivity contribution in [2.24, 2.45) is 0 Å². The fourth-order valence-corrected chi connectivity index (χ4v) is 6.95. The number of nitrogens with zero attached hydrogens (tertiary/aromatic N) is 2. The standard InChI is InChI=1S/C36H26F6N2/c1-22-34-27(25-11-5-6-12-26(25)31-13-7-8-19-44(31)34)14-15-28-29(35(37,38)39)16-17-30(36(40,41)42)33(28)32-21-24(18-20-43(22)32)23-9-3-2-4-10-23/h2-13,16-21,27,34H,1,14-15H2/q+2. The van der Waals surface area contributed by atoms with Crippen LogP contribution in [0.15, 0.2) is 116 Å². The minimum atomic E-state index is -4.90. The van der Waals surface area contributed by atoms with Gasteiger partial charge in [-0.05, 0) is 65.9 Å². The number of fused-ring (bicyclic) bond motifs is 9. The van der Waals surface area contributed by atoms with E-state index in [-0.39, 0.29) is 30.0 Å². The quantitative estimate of drug-likeness (QED) is 0.134. The van der Waals surface area contributed by atoms with Crippen LogP contribution in [0.2, 0.25) is 0 Å². The van der Waals surface area contributed by atoms with E-state index in [0.29, 0.717) is 23.4 Å². The van der Waals surface area contributed by atoms with Gasteiger partial charge < -0.3 is 0 Å². The highest BCUT2D eigenvalue weighted by atomic mass is 19.4. The molecule has 220 valence electrons. The molecule has 0 bridgehead atoms. The molecule has 0 amide bonds. The van der Waals surface area contributed by atoms with Crippen molar-refractivity contribution < 1.29 is 35.5 Å². The van der Waals surface area contributed by atoms with Crippen LogP contribution < -0.4 is 9.13 Å². The van der Waals surface area contributed by atoms with E-state index in [1.165, 1.54) is 0 Å². The van der Waals surface area contributed by atoms with Gasteiger partial charge in [0.15, 0.2) is 12.4 Å². The summed E-state index contributed by atoms with van der Waals surface area (Å²) in [4.78, 5) is 0. The highest BCUT2D eigenvalue weighted by Crippen LogP contribution is 2.49. The monoisotopic (exact) mass is 600 g/mol. The van der Waals surface area contributed by atoms with E-state index < -0.39 is 35.1 Å². The van der Waals surface area contributed by atoms with Gasteiger partial charge in [0.05, 0.1) is 22.6 Å². The average molecular weight is 601 g/mol. The Hall–Kier alpha value is -4.72. The molecule has 0 radical (unpaired) electrons. The van der Waals surface area contributed by atoms with Crippen LogP contribution in [-0.4, -0.2) is 0 Å². The fourth-order valence-electron chi connectivity index (χ4n) is 6.95. The first kappa shape index (κ1) is 28.1. The van der Waals surface area contributed by atoms with Gasteiger partial charge in [-0.1, -0.05) is 48.5 Å². The highest BCUT2D eigenvalue weighted by molar-refractivity contribution is 5.75. The Morgan fingerprint density at radius 2 is 1.34 bits per heavy atom. The molecule has 8 heteroatoms. The molecule has 3 aromatic carbocycles. The molecule has 2 atom stereocenters. The van der Waals surface area contributed by atoms with Gasteiger partial charge in [-0.25, -0.2) is 0 Å². The molecule has 0 N–H and O–H groups in total. The molecule has 0 saturated heterocycles. The van der Waals surface area contributed by atoms with Crippen molar-refractivity contribution in [3.63, 3.8) is 0 Å². The summed E-state index contributed by atoms with van der Waals surface area (Å²) in [5.41, 5.74) is 1.57. The Kier molecular flexibility index (Phi) is 6.50. The number of pyridine rings is 2. The van der Waals surface area contributed by atoms with Gasteiger partial charge in [-0.2, -0.15) is 35.5 Å². The van der Waals surface area contributed by atoms with Crippen molar-refractivity contribution in [2.75, 3.05) is 0 Å². The minimum absolute atomic E-state index is 0.0161. The third kappa shape index (κ3) is 4.51. The smallest absolute Gasteiger partial charge is 0.184 e. The van der Waals surface area contributed by atoms with E-state index in [4.69, 9.17) is 0 Å². The normalized spacial score (nSPS) is 17.6. The predicted molar refractivity (Wildman–Crippen MR) is 155 cm³/mol. The molecule has 0 saturated carbocycles. The molecule has 2 nitrogen and oxygen atoms in total. The number of halogens is 6. The van der Waals surface area contributed by atoms with Gasteiger partial charge in [-0.15, -0.1) is 0 Å². The maximum Gasteiger partial charge on any atom is 0.417 e. The SMILES string of the molecule is C=C1C2C(CCc3c(C(F)(F)F)ccc(C(F)(F)F)c3-c3cc(-c4ccccc4)cc[n+]31)c1ccccc1-c1cccc[n+]12. The van der Waals surface area contributed by atoms with Crippen molar-refractivity contribution in [3.05, 3.63) is 138 Å². The number of allylic oxidation sites excluding steroid dienone is 1. The maximum atomic E-state index is 14.7. The number of aromatic nitrogens is 2. The number of benzene rings is 3. The first-order valence-corrected chi connectivity index (χ1v) is 14.2. The third-order valence-corrected chi connectivity index (χ3v) is 8.81. The van der Waals surface area contributed by atoms with E-state index in [2.05, 4.69) is 6.58 Å². The molecular weight excluding hydrogens is 574 g/mol. The highest BCUT2D eigenvalue weighted by Gasteiger charge is 2.49. The lowest BCUT2D eigenvalue weighted by Crippen LogP contribution is -2.53. The maximum absolute atomic E-state index is 14.7. The largest absolute Gasteiger partial charge is 0.417 e. The van der Waals surface area contributed by atoms with Crippen molar-refractivity contribution in [1.82, 2.24) is 0 Å². The first-order valence-electron chi connectivity index (χ1n) is 14.2. The second kappa shape index (κ2) is 10.2. The van der Waals surface area contributed by atoms with Crippen LogP contribution >= 0.6 is 0 Å². The van der Waals surface area contributed by atoms with Crippen molar-refractivity contribution in [2.45, 2.75) is 37.2 Å². The van der Waals surface area contributed by atoms with Crippen molar-refractivity contribution in [3.8, 4) is 33.6 Å². The molecule has 2 unspecified atom stereocenters. The van der Waals surface area contributed by atoms with Gasteiger partial charge >= 0.3 is 12.4 Å². The Bertz CT molecular complexity index is 1920. The lowest BCUT2D eigenvalue weighted by atomic mass is 9.78. The molecule has 7 rings (SSSR count). The minimum Gasteiger partial charge on any atom is -0.184 e. The van der Waals surface area contributed by atoms with Gasteiger partial charge in [0.1, 0.15) is 0 Å². The molecule has 5 aromatic rings. The van der Waals surface area contributed by atoms with E-state index >= 15 is 0 Å². The van der Waals surface area contributed by atoms with Crippen LogP contribution in [0.5, 0.6) is 0 Å². The Morgan fingerprint density at radius 1 is 0.659 bits per heavy atom.